The molecule has 0 aliphatic heterocycles. The normalized spacial score (nSPS) is 11.3. The number of ether oxygens (including phenoxy) is 1. The first-order valence-electron chi connectivity index (χ1n) is 9.43. The van der Waals surface area contributed by atoms with Gasteiger partial charge in [0.2, 0.25) is 5.88 Å². The Morgan fingerprint density at radius 2 is 1.75 bits per heavy atom. The van der Waals surface area contributed by atoms with Crippen LogP contribution in [0.3, 0.4) is 0 Å². The minimum absolute atomic E-state index is 0.153. The molecule has 2 N–H and O–H groups in total. The maximum atomic E-state index is 12.8. The second-order valence-electron chi connectivity index (χ2n) is 6.82. The predicted octanol–water partition coefficient (Wildman–Crippen LogP) is 4.43. The Morgan fingerprint density at radius 1 is 1.03 bits per heavy atom. The van der Waals surface area contributed by atoms with Crippen LogP contribution in [0.15, 0.2) is 83.9 Å². The number of nitrogens with one attached hydrogen (secondary N) is 1. The summed E-state index contributed by atoms with van der Waals surface area (Å²) in [6.07, 6.45) is -1.96. The molecule has 0 aliphatic carbocycles. The third-order valence-electron chi connectivity index (χ3n) is 4.49. The number of aromatic nitrogens is 3. The molecule has 0 fully saturated rings. The third-order valence-corrected chi connectivity index (χ3v) is 4.49. The number of imidazole rings is 1. The number of alkyl halides is 3. The van der Waals surface area contributed by atoms with Gasteiger partial charge in [-0.05, 0) is 54.1 Å². The zero-order chi connectivity index (χ0) is 22.7. The van der Waals surface area contributed by atoms with E-state index in [1.54, 1.807) is 18.3 Å². The van der Waals surface area contributed by atoms with Gasteiger partial charge in [0.1, 0.15) is 11.6 Å². The Kier molecular flexibility index (Phi) is 5.59. The number of benzene rings is 2. The van der Waals surface area contributed by atoms with E-state index in [0.29, 0.717) is 5.82 Å². The predicted molar refractivity (Wildman–Crippen MR) is 111 cm³/mol. The average molecular weight is 442 g/mol. The number of aromatic hydroxyl groups is 1. The molecule has 0 radical (unpaired) electrons. The number of hydrogen-bond donors (Lipinski definition) is 2. The van der Waals surface area contributed by atoms with Crippen LogP contribution in [0, 0.1) is 0 Å². The Morgan fingerprint density at radius 3 is 2.44 bits per heavy atom. The molecule has 10 heteroatoms. The zero-order valence-corrected chi connectivity index (χ0v) is 16.5. The van der Waals surface area contributed by atoms with E-state index >= 15 is 0 Å². The lowest BCUT2D eigenvalue weighted by molar-refractivity contribution is -0.274. The van der Waals surface area contributed by atoms with Gasteiger partial charge in [0.15, 0.2) is 0 Å². The molecule has 0 unspecified atom stereocenters. The Hall–Kier alpha value is -4.21. The van der Waals surface area contributed by atoms with Crippen LogP contribution in [0.25, 0.3) is 5.69 Å². The summed E-state index contributed by atoms with van der Waals surface area (Å²) in [5.74, 6) is -0.190. The first-order chi connectivity index (χ1) is 15.3. The first-order valence-corrected chi connectivity index (χ1v) is 9.43. The van der Waals surface area contributed by atoms with Gasteiger partial charge in [-0.15, -0.1) is 13.2 Å². The minimum atomic E-state index is -4.82. The molecule has 0 amide bonds. The van der Waals surface area contributed by atoms with E-state index in [1.807, 2.05) is 30.3 Å². The largest absolute Gasteiger partial charge is 0.573 e. The van der Waals surface area contributed by atoms with E-state index in [1.165, 1.54) is 22.9 Å². The monoisotopic (exact) mass is 442 g/mol. The lowest BCUT2D eigenvalue weighted by atomic mass is 10.2. The molecule has 0 bridgehead atoms. The van der Waals surface area contributed by atoms with Gasteiger partial charge in [-0.2, -0.15) is 0 Å². The summed E-state index contributed by atoms with van der Waals surface area (Å²) in [4.78, 5) is 17.1. The quantitative estimate of drug-likeness (QED) is 0.462. The lowest BCUT2D eigenvalue weighted by Crippen LogP contribution is -2.23. The zero-order valence-electron chi connectivity index (χ0n) is 16.5. The van der Waals surface area contributed by atoms with E-state index in [0.717, 1.165) is 28.0 Å². The topological polar surface area (TPSA) is 81.3 Å². The van der Waals surface area contributed by atoms with Crippen molar-refractivity contribution in [2.45, 2.75) is 12.9 Å². The Labute approximate surface area is 180 Å². The van der Waals surface area contributed by atoms with Crippen molar-refractivity contribution in [3.05, 3.63) is 95.2 Å². The lowest BCUT2D eigenvalue weighted by Gasteiger charge is -2.09. The van der Waals surface area contributed by atoms with Crippen LogP contribution in [0.2, 0.25) is 0 Å². The summed E-state index contributed by atoms with van der Waals surface area (Å²) in [6.45, 7) is 0.153. The van der Waals surface area contributed by atoms with E-state index in [9.17, 15) is 23.1 Å². The van der Waals surface area contributed by atoms with Gasteiger partial charge in [-0.1, -0.05) is 18.2 Å². The number of halogens is 3. The molecule has 0 saturated heterocycles. The van der Waals surface area contributed by atoms with Crippen LogP contribution in [-0.4, -0.2) is 25.6 Å². The molecule has 164 valence electrons. The van der Waals surface area contributed by atoms with Crippen molar-refractivity contribution in [2.24, 2.45) is 0 Å². The molecule has 0 spiro atoms. The summed E-state index contributed by atoms with van der Waals surface area (Å²) in [7, 11) is 0. The second kappa shape index (κ2) is 8.50. The molecule has 0 aliphatic rings. The molecule has 2 aromatic carbocycles. The Balaban J connectivity index is 1.55. The molecular weight excluding hydrogens is 425 g/mol. The van der Waals surface area contributed by atoms with E-state index in [4.69, 9.17) is 0 Å². The fourth-order valence-corrected chi connectivity index (χ4v) is 3.14. The van der Waals surface area contributed by atoms with Crippen LogP contribution in [-0.2, 0) is 6.54 Å². The third kappa shape index (κ3) is 4.91. The second-order valence-corrected chi connectivity index (χ2v) is 6.82. The summed E-state index contributed by atoms with van der Waals surface area (Å²) >= 11 is 0. The van der Waals surface area contributed by atoms with Crippen molar-refractivity contribution < 1.29 is 23.0 Å². The maximum Gasteiger partial charge on any atom is 0.573 e. The van der Waals surface area contributed by atoms with Crippen LogP contribution in [0.5, 0.6) is 11.6 Å². The highest BCUT2D eigenvalue weighted by Crippen LogP contribution is 2.24. The first kappa shape index (κ1) is 21.0. The van der Waals surface area contributed by atoms with Crippen molar-refractivity contribution in [3.63, 3.8) is 0 Å². The minimum Gasteiger partial charge on any atom is -0.493 e. The average Bonchev–Trinajstić information content (AvgIpc) is 3.01. The highest BCUT2D eigenvalue weighted by molar-refractivity contribution is 5.56. The summed E-state index contributed by atoms with van der Waals surface area (Å²) in [5, 5.41) is 13.4. The van der Waals surface area contributed by atoms with Crippen molar-refractivity contribution in [1.82, 2.24) is 14.1 Å². The molecule has 2 aromatic heterocycles. The SMILES string of the molecule is O=c1n(Cc2ccnc(Nc3ccccc3)c2)cc(O)n1-c1ccc(OC(F)(F)F)cc1. The number of para-hydroxylation sites is 1. The van der Waals surface area contributed by atoms with Crippen LogP contribution < -0.4 is 15.7 Å². The van der Waals surface area contributed by atoms with Gasteiger partial charge in [0.25, 0.3) is 0 Å². The number of anilines is 2. The number of nitrogens with zero attached hydrogens (tertiary/aromatic N) is 3. The van der Waals surface area contributed by atoms with Crippen molar-refractivity contribution >= 4 is 11.5 Å². The highest BCUT2D eigenvalue weighted by Gasteiger charge is 2.31. The Bertz CT molecular complexity index is 1270. The summed E-state index contributed by atoms with van der Waals surface area (Å²) in [5.41, 5.74) is 1.26. The molecule has 4 aromatic rings. The van der Waals surface area contributed by atoms with Gasteiger partial charge < -0.3 is 15.2 Å². The van der Waals surface area contributed by atoms with Gasteiger partial charge in [0.05, 0.1) is 18.4 Å². The van der Waals surface area contributed by atoms with Gasteiger partial charge >= 0.3 is 12.1 Å². The summed E-state index contributed by atoms with van der Waals surface area (Å²) in [6, 6.07) is 17.6. The van der Waals surface area contributed by atoms with E-state index < -0.39 is 17.8 Å². The fraction of sp³-hybridized carbons (Fsp3) is 0.0909. The van der Waals surface area contributed by atoms with Crippen molar-refractivity contribution in [1.29, 1.82) is 0 Å². The van der Waals surface area contributed by atoms with Gasteiger partial charge in [-0.3, -0.25) is 4.57 Å². The number of hydrogen-bond acceptors (Lipinski definition) is 5. The molecule has 7 nitrogen and oxygen atoms in total. The van der Waals surface area contributed by atoms with E-state index in [2.05, 4.69) is 15.0 Å². The molecule has 0 atom stereocenters. The van der Waals surface area contributed by atoms with Crippen molar-refractivity contribution in [2.75, 3.05) is 5.32 Å². The van der Waals surface area contributed by atoms with Crippen molar-refractivity contribution in [3.8, 4) is 17.3 Å². The standard InChI is InChI=1S/C22H17F3N4O3/c23-22(24,25)32-18-8-6-17(7-9-18)29-20(30)14-28(21(29)31)13-15-10-11-26-19(12-15)27-16-4-2-1-3-5-16/h1-12,14,30H,13H2,(H,26,27). The smallest absolute Gasteiger partial charge is 0.493 e. The van der Waals surface area contributed by atoms with Gasteiger partial charge in [-0.25, -0.2) is 14.3 Å². The van der Waals surface area contributed by atoms with Crippen LogP contribution in [0.4, 0.5) is 24.7 Å². The molecule has 0 saturated carbocycles. The number of rotatable bonds is 6. The fourth-order valence-electron chi connectivity index (χ4n) is 3.14. The molecule has 2 heterocycles. The summed E-state index contributed by atoms with van der Waals surface area (Å²) < 4.78 is 43.1. The van der Waals surface area contributed by atoms with Crippen LogP contribution in [0.1, 0.15) is 5.56 Å². The van der Waals surface area contributed by atoms with E-state index in [-0.39, 0.29) is 18.1 Å². The molecular formula is C22H17F3N4O3. The van der Waals surface area contributed by atoms with Gasteiger partial charge in [0, 0.05) is 11.9 Å². The molecule has 32 heavy (non-hydrogen) atoms. The maximum absolute atomic E-state index is 12.8. The number of pyridine rings is 1. The highest BCUT2D eigenvalue weighted by atomic mass is 19.4. The van der Waals surface area contributed by atoms with Crippen LogP contribution >= 0.6 is 0 Å². The molecule has 4 rings (SSSR count).